The Bertz CT molecular complexity index is 984. The molecular weight excluding hydrogens is 446 g/mol. The number of aryl methyl sites for hydroxylation is 1. The molecule has 180 valence electrons. The summed E-state index contributed by atoms with van der Waals surface area (Å²) in [7, 11) is 0. The maximum absolute atomic E-state index is 13.4. The number of nitrogens with zero attached hydrogens (tertiary/aromatic N) is 3. The Labute approximate surface area is 187 Å². The van der Waals surface area contributed by atoms with Crippen LogP contribution >= 0.6 is 0 Å². The van der Waals surface area contributed by atoms with Crippen LogP contribution < -0.4 is 0 Å². The van der Waals surface area contributed by atoms with Crippen molar-refractivity contribution in [2.24, 2.45) is 5.41 Å². The number of benzene rings is 1. The van der Waals surface area contributed by atoms with Gasteiger partial charge in [-0.1, -0.05) is 17.3 Å². The Morgan fingerprint density at radius 3 is 2.33 bits per heavy atom. The summed E-state index contributed by atoms with van der Waals surface area (Å²) in [6.07, 6.45) is -1.89. The van der Waals surface area contributed by atoms with Gasteiger partial charge in [0.15, 0.2) is 5.69 Å². The number of alkyl halides is 3. The van der Waals surface area contributed by atoms with E-state index in [9.17, 15) is 22.4 Å². The van der Waals surface area contributed by atoms with Gasteiger partial charge in [0.2, 0.25) is 0 Å². The lowest BCUT2D eigenvalue weighted by Gasteiger charge is -2.39. The number of likely N-dealkylation sites (tertiary alicyclic amines) is 2. The van der Waals surface area contributed by atoms with Crippen molar-refractivity contribution in [3.63, 3.8) is 0 Å². The van der Waals surface area contributed by atoms with Crippen LogP contribution in [-0.4, -0.2) is 64.3 Å². The van der Waals surface area contributed by atoms with E-state index in [0.717, 1.165) is 57.5 Å². The molecule has 0 atom stereocenters. The number of hydrogen-bond acceptors (Lipinski definition) is 5. The number of carbonyl (C=O) groups is 2. The molecule has 2 saturated heterocycles. The maximum atomic E-state index is 13.4. The quantitative estimate of drug-likeness (QED) is 0.684. The molecular formula is C22H25F4N3O4. The summed E-state index contributed by atoms with van der Waals surface area (Å²) in [5.74, 6) is -2.30. The molecule has 2 fully saturated rings. The van der Waals surface area contributed by atoms with Gasteiger partial charge in [0.25, 0.3) is 5.91 Å². The Balaban J connectivity index is 0.000000383. The topological polar surface area (TPSA) is 86.9 Å². The van der Waals surface area contributed by atoms with E-state index < -0.39 is 12.1 Å². The predicted octanol–water partition coefficient (Wildman–Crippen LogP) is 3.88. The highest BCUT2D eigenvalue weighted by molar-refractivity contribution is 5.92. The molecule has 1 aromatic heterocycles. The molecule has 2 aliphatic rings. The van der Waals surface area contributed by atoms with Crippen LogP contribution in [0.25, 0.3) is 0 Å². The second kappa shape index (κ2) is 9.90. The standard InChI is InChI=1S/C20H24FN3O2.C2HF3O2/c1-15-11-18(22-26-15)19(25)24-10-7-20(14-24)5-8-23(9-6-20)13-16-3-2-4-17(21)12-16;3-2(4,5)1(6)7/h2-4,11-12H,5-10,13-14H2,1H3;(H,6,7). The van der Waals surface area contributed by atoms with Crippen LogP contribution in [-0.2, 0) is 11.3 Å². The van der Waals surface area contributed by atoms with Crippen LogP contribution in [0.2, 0.25) is 0 Å². The molecule has 0 radical (unpaired) electrons. The van der Waals surface area contributed by atoms with E-state index in [0.29, 0.717) is 11.5 Å². The smallest absolute Gasteiger partial charge is 0.475 e. The minimum Gasteiger partial charge on any atom is -0.475 e. The van der Waals surface area contributed by atoms with Gasteiger partial charge in [-0.25, -0.2) is 9.18 Å². The number of carbonyl (C=O) groups excluding carboxylic acids is 1. The fourth-order valence-corrected chi connectivity index (χ4v) is 4.22. The normalized spacial score (nSPS) is 18.2. The SMILES string of the molecule is Cc1cc(C(=O)N2CCC3(CCN(Cc4cccc(F)c4)CC3)C2)no1.O=C(O)C(F)(F)F. The van der Waals surface area contributed by atoms with Crippen LogP contribution in [0.1, 0.15) is 41.1 Å². The number of carboxylic acid groups (broad SMARTS) is 1. The van der Waals surface area contributed by atoms with Crippen LogP contribution in [0.4, 0.5) is 17.6 Å². The highest BCUT2D eigenvalue weighted by Crippen LogP contribution is 2.41. The van der Waals surface area contributed by atoms with Crippen molar-refractivity contribution < 1.29 is 36.8 Å². The maximum Gasteiger partial charge on any atom is 0.490 e. The first-order valence-corrected chi connectivity index (χ1v) is 10.5. The summed E-state index contributed by atoms with van der Waals surface area (Å²) >= 11 is 0. The molecule has 1 amide bonds. The second-order valence-corrected chi connectivity index (χ2v) is 8.51. The van der Waals surface area contributed by atoms with Crippen molar-refractivity contribution in [2.75, 3.05) is 26.2 Å². The van der Waals surface area contributed by atoms with Crippen LogP contribution in [0, 0.1) is 18.2 Å². The van der Waals surface area contributed by atoms with E-state index in [1.807, 2.05) is 11.0 Å². The Morgan fingerprint density at radius 2 is 1.79 bits per heavy atom. The lowest BCUT2D eigenvalue weighted by atomic mass is 9.77. The molecule has 1 N–H and O–H groups in total. The molecule has 1 aromatic carbocycles. The number of aliphatic carboxylic acids is 1. The number of rotatable bonds is 3. The van der Waals surface area contributed by atoms with E-state index >= 15 is 0 Å². The molecule has 0 bridgehead atoms. The van der Waals surface area contributed by atoms with E-state index in [-0.39, 0.29) is 17.1 Å². The van der Waals surface area contributed by atoms with Crippen LogP contribution in [0.15, 0.2) is 34.9 Å². The van der Waals surface area contributed by atoms with Crippen LogP contribution in [0.3, 0.4) is 0 Å². The van der Waals surface area contributed by atoms with Crippen molar-refractivity contribution in [3.8, 4) is 0 Å². The molecule has 11 heteroatoms. The molecule has 0 unspecified atom stereocenters. The molecule has 2 aromatic rings. The molecule has 1 spiro atoms. The third kappa shape index (κ3) is 6.53. The van der Waals surface area contributed by atoms with E-state index in [2.05, 4.69) is 10.1 Å². The van der Waals surface area contributed by atoms with Gasteiger partial charge in [0.1, 0.15) is 11.6 Å². The number of carboxylic acids is 1. The van der Waals surface area contributed by atoms with Gasteiger partial charge in [0, 0.05) is 25.7 Å². The number of halogens is 4. The Kier molecular flexibility index (Phi) is 7.41. The van der Waals surface area contributed by atoms with Gasteiger partial charge in [-0.15, -0.1) is 0 Å². The molecule has 33 heavy (non-hydrogen) atoms. The zero-order chi connectivity index (χ0) is 24.2. The number of piperidine rings is 1. The minimum atomic E-state index is -5.08. The summed E-state index contributed by atoms with van der Waals surface area (Å²) in [4.78, 5) is 25.8. The molecule has 2 aliphatic heterocycles. The van der Waals surface area contributed by atoms with Gasteiger partial charge in [-0.05, 0) is 62.4 Å². The van der Waals surface area contributed by atoms with Gasteiger partial charge >= 0.3 is 12.1 Å². The molecule has 0 saturated carbocycles. The average Bonchev–Trinajstić information content (AvgIpc) is 3.36. The number of amides is 1. The van der Waals surface area contributed by atoms with Gasteiger partial charge < -0.3 is 14.5 Å². The molecule has 0 aliphatic carbocycles. The third-order valence-electron chi connectivity index (χ3n) is 6.03. The fourth-order valence-electron chi connectivity index (χ4n) is 4.22. The summed E-state index contributed by atoms with van der Waals surface area (Å²) in [5, 5.41) is 11.0. The van der Waals surface area contributed by atoms with Crippen molar-refractivity contribution in [3.05, 3.63) is 53.2 Å². The van der Waals surface area contributed by atoms with Crippen LogP contribution in [0.5, 0.6) is 0 Å². The van der Waals surface area contributed by atoms with E-state index in [1.165, 1.54) is 6.07 Å². The highest BCUT2D eigenvalue weighted by Gasteiger charge is 2.42. The lowest BCUT2D eigenvalue weighted by Crippen LogP contribution is -2.42. The molecule has 7 nitrogen and oxygen atoms in total. The first-order valence-electron chi connectivity index (χ1n) is 10.5. The number of aromatic nitrogens is 1. The van der Waals surface area contributed by atoms with Crippen molar-refractivity contribution in [2.45, 2.75) is 38.9 Å². The predicted molar refractivity (Wildman–Crippen MR) is 109 cm³/mol. The van der Waals surface area contributed by atoms with E-state index in [4.69, 9.17) is 14.4 Å². The number of hydrogen-bond donors (Lipinski definition) is 1. The van der Waals surface area contributed by atoms with Gasteiger partial charge in [-0.3, -0.25) is 9.69 Å². The summed E-state index contributed by atoms with van der Waals surface area (Å²) in [5.41, 5.74) is 1.64. The molecule has 4 rings (SSSR count). The van der Waals surface area contributed by atoms with Crippen molar-refractivity contribution in [1.29, 1.82) is 0 Å². The zero-order valence-electron chi connectivity index (χ0n) is 18.1. The first-order chi connectivity index (χ1) is 15.5. The third-order valence-corrected chi connectivity index (χ3v) is 6.03. The van der Waals surface area contributed by atoms with Gasteiger partial charge in [0.05, 0.1) is 0 Å². The highest BCUT2D eigenvalue weighted by atomic mass is 19.4. The van der Waals surface area contributed by atoms with Gasteiger partial charge in [-0.2, -0.15) is 13.2 Å². The minimum absolute atomic E-state index is 0.0269. The summed E-state index contributed by atoms with van der Waals surface area (Å²) in [6, 6.07) is 8.54. The zero-order valence-corrected chi connectivity index (χ0v) is 18.1. The monoisotopic (exact) mass is 471 g/mol. The Morgan fingerprint density at radius 1 is 1.15 bits per heavy atom. The summed E-state index contributed by atoms with van der Waals surface area (Å²) in [6.45, 7) is 6.14. The second-order valence-electron chi connectivity index (χ2n) is 8.51. The summed E-state index contributed by atoms with van der Waals surface area (Å²) < 4.78 is 50.1. The largest absolute Gasteiger partial charge is 0.490 e. The lowest BCUT2D eigenvalue weighted by molar-refractivity contribution is -0.192. The van der Waals surface area contributed by atoms with Crippen molar-refractivity contribution in [1.82, 2.24) is 15.0 Å². The first kappa shape index (κ1) is 24.7. The average molecular weight is 471 g/mol. The van der Waals surface area contributed by atoms with E-state index in [1.54, 1.807) is 25.1 Å². The fraction of sp³-hybridized carbons (Fsp3) is 0.500. The van der Waals surface area contributed by atoms with Crippen molar-refractivity contribution >= 4 is 11.9 Å². The Hall–Kier alpha value is -2.95. The molecule has 3 heterocycles.